The van der Waals surface area contributed by atoms with E-state index in [4.69, 9.17) is 0 Å². The number of aryl methyl sites for hydroxylation is 1. The fraction of sp³-hybridized carbons (Fsp3) is 0.429. The molecule has 104 valence electrons. The first kappa shape index (κ1) is 15.0. The van der Waals surface area contributed by atoms with Crippen LogP contribution in [0.4, 0.5) is 5.69 Å². The van der Waals surface area contributed by atoms with Gasteiger partial charge in [0.25, 0.3) is 0 Å². The fourth-order valence-corrected chi connectivity index (χ4v) is 1.77. The number of hydrogen-bond acceptors (Lipinski definition) is 3. The summed E-state index contributed by atoms with van der Waals surface area (Å²) in [5.41, 5.74) is 1.69. The van der Waals surface area contributed by atoms with Gasteiger partial charge in [-0.1, -0.05) is 11.6 Å². The Hall–Kier alpha value is -2.04. The van der Waals surface area contributed by atoms with Crippen LogP contribution in [-0.4, -0.2) is 49.1 Å². The Labute approximate surface area is 113 Å². The van der Waals surface area contributed by atoms with Crippen LogP contribution in [-0.2, 0) is 4.79 Å². The van der Waals surface area contributed by atoms with Gasteiger partial charge in [-0.05, 0) is 26.0 Å². The third-order valence-corrected chi connectivity index (χ3v) is 2.93. The molecule has 0 aromatic heterocycles. The number of likely N-dealkylation sites (N-methyl/N-ethyl adjacent to an activating group) is 2. The fourth-order valence-electron chi connectivity index (χ4n) is 1.77. The summed E-state index contributed by atoms with van der Waals surface area (Å²) >= 11 is 0. The number of rotatable bonds is 5. The van der Waals surface area contributed by atoms with Crippen molar-refractivity contribution >= 4 is 17.6 Å². The number of amides is 1. The normalized spacial score (nSPS) is 10.1. The Morgan fingerprint density at radius 2 is 1.89 bits per heavy atom. The zero-order valence-corrected chi connectivity index (χ0v) is 11.8. The predicted octanol–water partition coefficient (Wildman–Crippen LogP) is 1.61. The molecule has 0 atom stereocenters. The Morgan fingerprint density at radius 3 is 2.37 bits per heavy atom. The van der Waals surface area contributed by atoms with Gasteiger partial charge in [0.2, 0.25) is 5.91 Å². The average Bonchev–Trinajstić information content (AvgIpc) is 2.35. The smallest absolute Gasteiger partial charge is 0.337 e. The van der Waals surface area contributed by atoms with Gasteiger partial charge in [0, 0.05) is 20.6 Å². The first-order chi connectivity index (χ1) is 8.86. The van der Waals surface area contributed by atoms with E-state index in [1.807, 2.05) is 19.9 Å². The van der Waals surface area contributed by atoms with Crippen molar-refractivity contribution in [3.8, 4) is 0 Å². The highest BCUT2D eigenvalue weighted by Crippen LogP contribution is 2.22. The van der Waals surface area contributed by atoms with E-state index >= 15 is 0 Å². The number of anilines is 1. The minimum atomic E-state index is -0.977. The summed E-state index contributed by atoms with van der Waals surface area (Å²) in [6, 6.07) is 5.23. The maximum atomic E-state index is 11.8. The lowest BCUT2D eigenvalue weighted by molar-refractivity contribution is -0.127. The molecule has 0 aliphatic heterocycles. The van der Waals surface area contributed by atoms with Crippen LogP contribution < -0.4 is 4.90 Å². The number of carbonyl (C=O) groups is 2. The first-order valence-corrected chi connectivity index (χ1v) is 6.15. The largest absolute Gasteiger partial charge is 0.478 e. The van der Waals surface area contributed by atoms with Crippen molar-refractivity contribution in [1.29, 1.82) is 0 Å². The van der Waals surface area contributed by atoms with E-state index in [0.29, 0.717) is 12.2 Å². The van der Waals surface area contributed by atoms with Crippen LogP contribution in [0.15, 0.2) is 18.2 Å². The number of carboxylic acids is 1. The van der Waals surface area contributed by atoms with Crippen LogP contribution in [0.2, 0.25) is 0 Å². The molecule has 1 rings (SSSR count). The molecule has 1 amide bonds. The Morgan fingerprint density at radius 1 is 1.26 bits per heavy atom. The average molecular weight is 264 g/mol. The van der Waals surface area contributed by atoms with Gasteiger partial charge in [-0.2, -0.15) is 0 Å². The highest BCUT2D eigenvalue weighted by Gasteiger charge is 2.18. The van der Waals surface area contributed by atoms with Crippen LogP contribution >= 0.6 is 0 Å². The van der Waals surface area contributed by atoms with E-state index in [2.05, 4.69) is 0 Å². The van der Waals surface area contributed by atoms with E-state index < -0.39 is 5.97 Å². The third kappa shape index (κ3) is 3.71. The number of aromatic carboxylic acids is 1. The minimum absolute atomic E-state index is 0.0567. The van der Waals surface area contributed by atoms with Gasteiger partial charge in [0.15, 0.2) is 0 Å². The molecule has 0 bridgehead atoms. The molecule has 19 heavy (non-hydrogen) atoms. The van der Waals surface area contributed by atoms with Crippen molar-refractivity contribution in [2.45, 2.75) is 13.8 Å². The molecule has 0 saturated carbocycles. The minimum Gasteiger partial charge on any atom is -0.478 e. The molecule has 1 N–H and O–H groups in total. The molecular formula is C14H20N2O3. The molecule has 0 heterocycles. The standard InChI is InChI=1S/C14H20N2O3/c1-5-16(9-13(17)15(3)4)12-7-6-10(2)8-11(12)14(18)19/h6-8H,5,9H2,1-4H3,(H,18,19). The molecule has 0 unspecified atom stereocenters. The van der Waals surface area contributed by atoms with Crippen molar-refractivity contribution < 1.29 is 14.7 Å². The summed E-state index contributed by atoms with van der Waals surface area (Å²) in [5, 5.41) is 9.26. The number of nitrogens with zero attached hydrogens (tertiary/aromatic N) is 2. The summed E-state index contributed by atoms with van der Waals surface area (Å²) in [4.78, 5) is 26.3. The highest BCUT2D eigenvalue weighted by molar-refractivity contribution is 5.95. The maximum absolute atomic E-state index is 11.8. The van der Waals surface area contributed by atoms with Crippen molar-refractivity contribution in [2.75, 3.05) is 32.1 Å². The molecule has 0 spiro atoms. The Bertz CT molecular complexity index is 484. The molecule has 5 heteroatoms. The van der Waals surface area contributed by atoms with Crippen LogP contribution in [0.3, 0.4) is 0 Å². The number of carbonyl (C=O) groups excluding carboxylic acids is 1. The first-order valence-electron chi connectivity index (χ1n) is 6.15. The molecule has 0 aliphatic carbocycles. The van der Waals surface area contributed by atoms with Crippen molar-refractivity contribution in [1.82, 2.24) is 4.90 Å². The van der Waals surface area contributed by atoms with Crippen LogP contribution in [0.25, 0.3) is 0 Å². The topological polar surface area (TPSA) is 60.9 Å². The van der Waals surface area contributed by atoms with Gasteiger partial charge in [-0.25, -0.2) is 4.79 Å². The van der Waals surface area contributed by atoms with Gasteiger partial charge in [0.1, 0.15) is 0 Å². The molecule has 0 aliphatic rings. The van der Waals surface area contributed by atoms with Crippen molar-refractivity contribution in [3.63, 3.8) is 0 Å². The lowest BCUT2D eigenvalue weighted by Crippen LogP contribution is -2.37. The summed E-state index contributed by atoms with van der Waals surface area (Å²) in [6.07, 6.45) is 0. The number of hydrogen-bond donors (Lipinski definition) is 1. The second-order valence-corrected chi connectivity index (χ2v) is 4.63. The van der Waals surface area contributed by atoms with Crippen molar-refractivity contribution in [3.05, 3.63) is 29.3 Å². The monoisotopic (exact) mass is 264 g/mol. The summed E-state index contributed by atoms with van der Waals surface area (Å²) in [7, 11) is 3.37. The van der Waals surface area contributed by atoms with Crippen molar-refractivity contribution in [2.24, 2.45) is 0 Å². The second-order valence-electron chi connectivity index (χ2n) is 4.63. The van der Waals surface area contributed by atoms with Gasteiger partial charge < -0.3 is 14.9 Å². The molecule has 0 radical (unpaired) electrons. The van der Waals surface area contributed by atoms with E-state index in [1.165, 1.54) is 4.90 Å². The molecule has 5 nitrogen and oxygen atoms in total. The number of benzene rings is 1. The SMILES string of the molecule is CCN(CC(=O)N(C)C)c1ccc(C)cc1C(=O)O. The number of carboxylic acid groups (broad SMARTS) is 1. The van der Waals surface area contributed by atoms with Gasteiger partial charge >= 0.3 is 5.97 Å². The summed E-state index contributed by atoms with van der Waals surface area (Å²) in [5.74, 6) is -1.03. The van der Waals surface area contributed by atoms with Gasteiger partial charge in [-0.3, -0.25) is 4.79 Å². The van der Waals surface area contributed by atoms with Crippen LogP contribution in [0, 0.1) is 6.92 Å². The molecule has 1 aromatic carbocycles. The van der Waals surface area contributed by atoms with Crippen LogP contribution in [0.1, 0.15) is 22.8 Å². The molecule has 0 saturated heterocycles. The zero-order valence-electron chi connectivity index (χ0n) is 11.8. The van der Waals surface area contributed by atoms with E-state index in [-0.39, 0.29) is 18.0 Å². The van der Waals surface area contributed by atoms with E-state index in [0.717, 1.165) is 5.56 Å². The maximum Gasteiger partial charge on any atom is 0.337 e. The lowest BCUT2D eigenvalue weighted by Gasteiger charge is -2.25. The van der Waals surface area contributed by atoms with E-state index in [1.54, 1.807) is 31.1 Å². The third-order valence-electron chi connectivity index (χ3n) is 2.93. The quantitative estimate of drug-likeness (QED) is 0.877. The summed E-state index contributed by atoms with van der Waals surface area (Å²) < 4.78 is 0. The lowest BCUT2D eigenvalue weighted by atomic mass is 10.1. The Balaban J connectivity index is 3.11. The molecular weight excluding hydrogens is 244 g/mol. The zero-order chi connectivity index (χ0) is 14.6. The van der Waals surface area contributed by atoms with Gasteiger partial charge in [-0.15, -0.1) is 0 Å². The molecule has 0 fully saturated rings. The molecule has 1 aromatic rings. The van der Waals surface area contributed by atoms with Crippen LogP contribution in [0.5, 0.6) is 0 Å². The highest BCUT2D eigenvalue weighted by atomic mass is 16.4. The predicted molar refractivity (Wildman–Crippen MR) is 74.7 cm³/mol. The second kappa shape index (κ2) is 6.22. The summed E-state index contributed by atoms with van der Waals surface area (Å²) in [6.45, 7) is 4.49. The Kier molecular flexibility index (Phi) is 4.92. The van der Waals surface area contributed by atoms with Gasteiger partial charge in [0.05, 0.1) is 17.8 Å². The van der Waals surface area contributed by atoms with E-state index in [9.17, 15) is 14.7 Å².